The maximum Gasteiger partial charge on any atom is 0.404 e. The zero-order chi connectivity index (χ0) is 14.2. The molecule has 0 atom stereocenters. The van der Waals surface area contributed by atoms with Crippen molar-refractivity contribution in [1.82, 2.24) is 0 Å². The topological polar surface area (TPSA) is 105 Å². The first kappa shape index (κ1) is 16.5. The van der Waals surface area contributed by atoms with E-state index >= 15 is 0 Å². The number of hydrogen-bond donors (Lipinski definition) is 2. The van der Waals surface area contributed by atoms with E-state index in [1.54, 1.807) is 0 Å². The Morgan fingerprint density at radius 1 is 1.11 bits per heavy atom. The predicted octanol–water partition coefficient (Wildman–Crippen LogP) is 2.01. The number of rotatable bonds is 8. The molecular weight excluding hydrogens is 236 g/mol. The van der Waals surface area contributed by atoms with Gasteiger partial charge in [-0.25, -0.2) is 9.59 Å². The lowest BCUT2D eigenvalue weighted by Gasteiger charge is -2.36. The van der Waals surface area contributed by atoms with Crippen molar-refractivity contribution in [2.24, 2.45) is 22.8 Å². The standard InChI is InChI=1S/C12H24N2O4/c1-4-5-6-12(9(2)3,7-17-10(13)15)8-18-11(14)16/h9H,4-8H2,1-3H3,(H2,13,15)(H2,14,16). The summed E-state index contributed by atoms with van der Waals surface area (Å²) in [6, 6.07) is 0. The average molecular weight is 260 g/mol. The highest BCUT2D eigenvalue weighted by Crippen LogP contribution is 2.34. The molecule has 0 aliphatic rings. The van der Waals surface area contributed by atoms with E-state index in [0.717, 1.165) is 19.3 Å². The minimum absolute atomic E-state index is 0.132. The normalized spacial score (nSPS) is 11.3. The smallest absolute Gasteiger partial charge is 0.404 e. The van der Waals surface area contributed by atoms with Crippen molar-refractivity contribution >= 4 is 12.2 Å². The van der Waals surface area contributed by atoms with Crippen LogP contribution in [0.15, 0.2) is 0 Å². The number of hydrogen-bond acceptors (Lipinski definition) is 4. The van der Waals surface area contributed by atoms with Crippen molar-refractivity contribution in [3.05, 3.63) is 0 Å². The van der Waals surface area contributed by atoms with Crippen LogP contribution in [0.1, 0.15) is 40.0 Å². The summed E-state index contributed by atoms with van der Waals surface area (Å²) in [5.74, 6) is 0.169. The first-order valence-corrected chi connectivity index (χ1v) is 6.18. The maximum absolute atomic E-state index is 10.7. The third kappa shape index (κ3) is 5.75. The third-order valence-corrected chi connectivity index (χ3v) is 3.26. The van der Waals surface area contributed by atoms with Crippen LogP contribution in [0, 0.1) is 11.3 Å². The highest BCUT2D eigenvalue weighted by molar-refractivity contribution is 5.65. The van der Waals surface area contributed by atoms with Gasteiger partial charge in [-0.3, -0.25) is 0 Å². The van der Waals surface area contributed by atoms with Crippen LogP contribution in [-0.2, 0) is 9.47 Å². The number of carbonyl (C=O) groups excluding carboxylic acids is 2. The number of amides is 2. The summed E-state index contributed by atoms with van der Waals surface area (Å²) in [7, 11) is 0. The van der Waals surface area contributed by atoms with Crippen LogP contribution in [0.3, 0.4) is 0 Å². The SMILES string of the molecule is CCCCC(COC(N)=O)(COC(N)=O)C(C)C. The molecule has 0 bridgehead atoms. The molecule has 106 valence electrons. The van der Waals surface area contributed by atoms with E-state index in [9.17, 15) is 9.59 Å². The summed E-state index contributed by atoms with van der Waals surface area (Å²) in [5.41, 5.74) is 9.55. The molecular formula is C12H24N2O4. The zero-order valence-electron chi connectivity index (χ0n) is 11.4. The minimum Gasteiger partial charge on any atom is -0.449 e. The van der Waals surface area contributed by atoms with Crippen molar-refractivity contribution in [1.29, 1.82) is 0 Å². The van der Waals surface area contributed by atoms with Crippen molar-refractivity contribution in [2.75, 3.05) is 13.2 Å². The Morgan fingerprint density at radius 3 is 1.83 bits per heavy atom. The summed E-state index contributed by atoms with van der Waals surface area (Å²) in [5, 5.41) is 0. The number of ether oxygens (including phenoxy) is 2. The van der Waals surface area contributed by atoms with Crippen molar-refractivity contribution in [3.63, 3.8) is 0 Å². The summed E-state index contributed by atoms with van der Waals surface area (Å²) in [6.07, 6.45) is 1.08. The summed E-state index contributed by atoms with van der Waals surface area (Å²) in [6.45, 7) is 6.31. The van der Waals surface area contributed by atoms with E-state index < -0.39 is 17.6 Å². The molecule has 0 rings (SSSR count). The van der Waals surface area contributed by atoms with Gasteiger partial charge in [0.25, 0.3) is 0 Å². The molecule has 0 aromatic heterocycles. The summed E-state index contributed by atoms with van der Waals surface area (Å²) in [4.78, 5) is 21.5. The van der Waals surface area contributed by atoms with Crippen molar-refractivity contribution in [3.8, 4) is 0 Å². The fourth-order valence-corrected chi connectivity index (χ4v) is 1.77. The first-order valence-electron chi connectivity index (χ1n) is 6.18. The van der Waals surface area contributed by atoms with Gasteiger partial charge < -0.3 is 20.9 Å². The Labute approximate surface area is 108 Å². The molecule has 18 heavy (non-hydrogen) atoms. The largest absolute Gasteiger partial charge is 0.449 e. The molecule has 0 spiro atoms. The summed E-state index contributed by atoms with van der Waals surface area (Å²) >= 11 is 0. The molecule has 2 amide bonds. The second-order valence-electron chi connectivity index (χ2n) is 4.84. The predicted molar refractivity (Wildman–Crippen MR) is 67.9 cm³/mol. The Hall–Kier alpha value is -1.46. The molecule has 0 radical (unpaired) electrons. The molecule has 6 heteroatoms. The van der Waals surface area contributed by atoms with Gasteiger partial charge in [-0.05, 0) is 12.3 Å². The maximum atomic E-state index is 10.7. The van der Waals surface area contributed by atoms with E-state index in [0.29, 0.717) is 0 Å². The average Bonchev–Trinajstić information content (AvgIpc) is 2.27. The molecule has 0 fully saturated rings. The molecule has 0 aliphatic carbocycles. The fraction of sp³-hybridized carbons (Fsp3) is 0.833. The lowest BCUT2D eigenvalue weighted by molar-refractivity contribution is -0.00601. The van der Waals surface area contributed by atoms with Crippen LogP contribution >= 0.6 is 0 Å². The van der Waals surface area contributed by atoms with Crippen molar-refractivity contribution in [2.45, 2.75) is 40.0 Å². The van der Waals surface area contributed by atoms with Crippen LogP contribution in [-0.4, -0.2) is 25.4 Å². The lowest BCUT2D eigenvalue weighted by atomic mass is 9.74. The zero-order valence-corrected chi connectivity index (χ0v) is 11.4. The Kier molecular flexibility index (Phi) is 7.16. The van der Waals surface area contributed by atoms with Gasteiger partial charge in [0.05, 0.1) is 0 Å². The van der Waals surface area contributed by atoms with Gasteiger partial charge in [0, 0.05) is 5.41 Å². The van der Waals surface area contributed by atoms with Gasteiger partial charge in [0.1, 0.15) is 13.2 Å². The lowest BCUT2D eigenvalue weighted by Crippen LogP contribution is -2.40. The fourth-order valence-electron chi connectivity index (χ4n) is 1.77. The molecule has 0 aromatic carbocycles. The molecule has 0 saturated heterocycles. The highest BCUT2D eigenvalue weighted by Gasteiger charge is 2.36. The number of carbonyl (C=O) groups is 2. The van der Waals surface area contributed by atoms with Crippen LogP contribution < -0.4 is 11.5 Å². The Bertz CT molecular complexity index is 261. The Morgan fingerprint density at radius 2 is 1.56 bits per heavy atom. The molecule has 6 nitrogen and oxygen atoms in total. The van der Waals surface area contributed by atoms with E-state index in [1.165, 1.54) is 0 Å². The van der Waals surface area contributed by atoms with Gasteiger partial charge in [0.15, 0.2) is 0 Å². The van der Waals surface area contributed by atoms with E-state index in [2.05, 4.69) is 6.92 Å². The molecule has 0 heterocycles. The van der Waals surface area contributed by atoms with E-state index in [1.807, 2.05) is 13.8 Å². The Balaban J connectivity index is 4.76. The van der Waals surface area contributed by atoms with Gasteiger partial charge >= 0.3 is 12.2 Å². The highest BCUT2D eigenvalue weighted by atomic mass is 16.6. The minimum atomic E-state index is -0.824. The molecule has 0 saturated carbocycles. The van der Waals surface area contributed by atoms with Gasteiger partial charge in [-0.15, -0.1) is 0 Å². The van der Waals surface area contributed by atoms with Gasteiger partial charge in [-0.2, -0.15) is 0 Å². The van der Waals surface area contributed by atoms with Crippen LogP contribution in [0.4, 0.5) is 9.59 Å². The number of primary amides is 2. The number of nitrogens with two attached hydrogens (primary N) is 2. The molecule has 4 N–H and O–H groups in total. The second-order valence-corrected chi connectivity index (χ2v) is 4.84. The van der Waals surface area contributed by atoms with Crippen LogP contribution in [0.5, 0.6) is 0 Å². The van der Waals surface area contributed by atoms with Crippen molar-refractivity contribution < 1.29 is 19.1 Å². The van der Waals surface area contributed by atoms with E-state index in [4.69, 9.17) is 20.9 Å². The van der Waals surface area contributed by atoms with Gasteiger partial charge in [-0.1, -0.05) is 33.6 Å². The number of unbranched alkanes of at least 4 members (excludes halogenated alkanes) is 1. The van der Waals surface area contributed by atoms with E-state index in [-0.39, 0.29) is 19.1 Å². The van der Waals surface area contributed by atoms with Crippen LogP contribution in [0.25, 0.3) is 0 Å². The van der Waals surface area contributed by atoms with Gasteiger partial charge in [0.2, 0.25) is 0 Å². The molecule has 0 aromatic rings. The third-order valence-electron chi connectivity index (χ3n) is 3.26. The molecule has 0 aliphatic heterocycles. The summed E-state index contributed by atoms with van der Waals surface area (Å²) < 4.78 is 9.81. The second kappa shape index (κ2) is 7.79. The first-order chi connectivity index (χ1) is 8.34. The monoisotopic (exact) mass is 260 g/mol. The molecule has 0 unspecified atom stereocenters. The van der Waals surface area contributed by atoms with Crippen LogP contribution in [0.2, 0.25) is 0 Å². The quantitative estimate of drug-likeness (QED) is 0.696.